The molecule has 10 heteroatoms. The van der Waals surface area contributed by atoms with Gasteiger partial charge in [0.15, 0.2) is 0 Å². The lowest BCUT2D eigenvalue weighted by Gasteiger charge is -2.12. The molecule has 168 valence electrons. The molecule has 0 atom stereocenters. The maximum Gasteiger partial charge on any atom is 0.265 e. The highest BCUT2D eigenvalue weighted by Gasteiger charge is 2.16. The second-order valence-corrected chi connectivity index (χ2v) is 10.3. The first-order valence-electron chi connectivity index (χ1n) is 9.69. The average Bonchev–Trinajstić information content (AvgIpc) is 3.28. The van der Waals surface area contributed by atoms with Crippen molar-refractivity contribution in [1.29, 1.82) is 0 Å². The van der Waals surface area contributed by atoms with Gasteiger partial charge in [0.1, 0.15) is 0 Å². The van der Waals surface area contributed by atoms with Crippen molar-refractivity contribution < 1.29 is 18.0 Å². The number of rotatable bonds is 8. The summed E-state index contributed by atoms with van der Waals surface area (Å²) in [6, 6.07) is 14.2. The molecule has 7 nitrogen and oxygen atoms in total. The molecule has 1 heterocycles. The Morgan fingerprint density at radius 1 is 1.03 bits per heavy atom. The van der Waals surface area contributed by atoms with Crippen molar-refractivity contribution in [3.8, 4) is 0 Å². The van der Waals surface area contributed by atoms with Gasteiger partial charge in [-0.3, -0.25) is 9.59 Å². The standard InChI is InChI=1S/C22H22ClN3O4S2/c1-14(2)26-32(29,30)17-6-3-5-15(11-17)13-24-21(27)16-8-9-18(23)19(12-16)25-22(28)20-7-4-10-31-20/h3-12,14,26H,13H2,1-2H3,(H,24,27)(H,25,28). The first-order valence-corrected chi connectivity index (χ1v) is 12.4. The summed E-state index contributed by atoms with van der Waals surface area (Å²) in [5.41, 5.74) is 1.26. The number of hydrogen-bond donors (Lipinski definition) is 3. The van der Waals surface area contributed by atoms with E-state index in [0.717, 1.165) is 0 Å². The summed E-state index contributed by atoms with van der Waals surface area (Å²) < 4.78 is 27.2. The molecule has 0 aliphatic carbocycles. The molecule has 3 N–H and O–H groups in total. The Kier molecular flexibility index (Phi) is 7.68. The molecule has 0 aliphatic rings. The SMILES string of the molecule is CC(C)NS(=O)(=O)c1cccc(CNC(=O)c2ccc(Cl)c(NC(=O)c3cccs3)c2)c1. The number of sulfonamides is 1. The number of amides is 2. The molecule has 3 rings (SSSR count). The number of thiophene rings is 1. The van der Waals surface area contributed by atoms with Crippen LogP contribution in [0.25, 0.3) is 0 Å². The largest absolute Gasteiger partial charge is 0.348 e. The molecule has 2 amide bonds. The van der Waals surface area contributed by atoms with Gasteiger partial charge in [-0.1, -0.05) is 29.8 Å². The lowest BCUT2D eigenvalue weighted by atomic mass is 10.1. The molecule has 0 saturated carbocycles. The van der Waals surface area contributed by atoms with E-state index in [0.29, 0.717) is 26.7 Å². The summed E-state index contributed by atoms with van der Waals surface area (Å²) in [5.74, 6) is -0.700. The fourth-order valence-electron chi connectivity index (χ4n) is 2.84. The van der Waals surface area contributed by atoms with E-state index in [1.54, 1.807) is 49.6 Å². The minimum Gasteiger partial charge on any atom is -0.348 e. The Balaban J connectivity index is 1.69. The van der Waals surface area contributed by atoms with Gasteiger partial charge in [0.25, 0.3) is 11.8 Å². The van der Waals surface area contributed by atoms with Gasteiger partial charge in [-0.15, -0.1) is 11.3 Å². The molecule has 0 aliphatic heterocycles. The van der Waals surface area contributed by atoms with E-state index in [4.69, 9.17) is 11.6 Å². The number of anilines is 1. The van der Waals surface area contributed by atoms with Crippen LogP contribution in [0.1, 0.15) is 39.4 Å². The molecule has 0 spiro atoms. The van der Waals surface area contributed by atoms with Crippen LogP contribution < -0.4 is 15.4 Å². The van der Waals surface area contributed by atoms with Crippen LogP contribution in [-0.4, -0.2) is 26.3 Å². The molecule has 0 bridgehead atoms. The lowest BCUT2D eigenvalue weighted by molar-refractivity contribution is 0.0949. The van der Waals surface area contributed by atoms with E-state index in [1.807, 2.05) is 0 Å². The van der Waals surface area contributed by atoms with Crippen molar-refractivity contribution in [3.63, 3.8) is 0 Å². The third-order valence-electron chi connectivity index (χ3n) is 4.27. The Morgan fingerprint density at radius 2 is 1.81 bits per heavy atom. The third-order valence-corrected chi connectivity index (χ3v) is 7.13. The van der Waals surface area contributed by atoms with Crippen molar-refractivity contribution in [2.24, 2.45) is 0 Å². The van der Waals surface area contributed by atoms with E-state index < -0.39 is 10.0 Å². The van der Waals surface area contributed by atoms with Gasteiger partial charge < -0.3 is 10.6 Å². The van der Waals surface area contributed by atoms with Crippen molar-refractivity contribution in [2.75, 3.05) is 5.32 Å². The van der Waals surface area contributed by atoms with E-state index in [9.17, 15) is 18.0 Å². The zero-order valence-electron chi connectivity index (χ0n) is 17.4. The molecule has 0 saturated heterocycles. The van der Waals surface area contributed by atoms with Crippen molar-refractivity contribution >= 4 is 50.5 Å². The monoisotopic (exact) mass is 491 g/mol. The maximum absolute atomic E-state index is 12.6. The Labute approximate surface area is 195 Å². The normalized spacial score (nSPS) is 11.4. The molecule has 2 aromatic carbocycles. The summed E-state index contributed by atoms with van der Waals surface area (Å²) >= 11 is 7.47. The topological polar surface area (TPSA) is 104 Å². The smallest absolute Gasteiger partial charge is 0.265 e. The number of halogens is 1. The van der Waals surface area contributed by atoms with Gasteiger partial charge in [0.2, 0.25) is 10.0 Å². The third kappa shape index (κ3) is 6.17. The van der Waals surface area contributed by atoms with Gasteiger partial charge in [-0.05, 0) is 61.2 Å². The second kappa shape index (κ2) is 10.3. The highest BCUT2D eigenvalue weighted by molar-refractivity contribution is 7.89. The van der Waals surface area contributed by atoms with Gasteiger partial charge in [-0.2, -0.15) is 0 Å². The minimum atomic E-state index is -3.63. The first kappa shape index (κ1) is 23.9. The highest BCUT2D eigenvalue weighted by atomic mass is 35.5. The van der Waals surface area contributed by atoms with Crippen molar-refractivity contribution in [2.45, 2.75) is 31.3 Å². The van der Waals surface area contributed by atoms with Gasteiger partial charge in [0.05, 0.1) is 20.5 Å². The van der Waals surface area contributed by atoms with E-state index in [1.165, 1.54) is 35.6 Å². The quantitative estimate of drug-likeness (QED) is 0.437. The second-order valence-electron chi connectivity index (χ2n) is 7.23. The Hall–Kier alpha value is -2.72. The van der Waals surface area contributed by atoms with Gasteiger partial charge >= 0.3 is 0 Å². The van der Waals surface area contributed by atoms with E-state index in [2.05, 4.69) is 15.4 Å². The molecule has 0 fully saturated rings. The van der Waals surface area contributed by atoms with Crippen LogP contribution in [0.15, 0.2) is 64.9 Å². The van der Waals surface area contributed by atoms with E-state index >= 15 is 0 Å². The van der Waals surface area contributed by atoms with Crippen LogP contribution in [0, 0.1) is 0 Å². The van der Waals surface area contributed by atoms with E-state index in [-0.39, 0.29) is 29.3 Å². The minimum absolute atomic E-state index is 0.128. The van der Waals surface area contributed by atoms with Crippen LogP contribution in [-0.2, 0) is 16.6 Å². The lowest BCUT2D eigenvalue weighted by Crippen LogP contribution is -2.30. The molecule has 32 heavy (non-hydrogen) atoms. The number of carbonyl (C=O) groups is 2. The van der Waals surface area contributed by atoms with Crippen molar-refractivity contribution in [3.05, 3.63) is 81.0 Å². The number of nitrogens with one attached hydrogen (secondary N) is 3. The predicted octanol–water partition coefficient (Wildman–Crippen LogP) is 4.27. The fourth-order valence-corrected chi connectivity index (χ4v) is 4.94. The summed E-state index contributed by atoms with van der Waals surface area (Å²) in [6.45, 7) is 3.61. The number of hydrogen-bond acceptors (Lipinski definition) is 5. The predicted molar refractivity (Wildman–Crippen MR) is 127 cm³/mol. The van der Waals surface area contributed by atoms with Crippen LogP contribution in [0.4, 0.5) is 5.69 Å². The zero-order valence-corrected chi connectivity index (χ0v) is 19.8. The molecular weight excluding hydrogens is 470 g/mol. The van der Waals surface area contributed by atoms with Crippen LogP contribution in [0.3, 0.4) is 0 Å². The highest BCUT2D eigenvalue weighted by Crippen LogP contribution is 2.24. The Bertz CT molecular complexity index is 1230. The Morgan fingerprint density at radius 3 is 2.50 bits per heavy atom. The number of benzene rings is 2. The molecule has 0 radical (unpaired) electrons. The average molecular weight is 492 g/mol. The van der Waals surface area contributed by atoms with Crippen LogP contribution in [0.2, 0.25) is 5.02 Å². The summed E-state index contributed by atoms with van der Waals surface area (Å²) in [5, 5.41) is 7.56. The van der Waals surface area contributed by atoms with Crippen LogP contribution >= 0.6 is 22.9 Å². The summed E-state index contributed by atoms with van der Waals surface area (Å²) in [6.07, 6.45) is 0. The van der Waals surface area contributed by atoms with Crippen molar-refractivity contribution in [1.82, 2.24) is 10.0 Å². The molecule has 3 aromatic rings. The summed E-state index contributed by atoms with van der Waals surface area (Å²) in [7, 11) is -3.63. The van der Waals surface area contributed by atoms with Gasteiger partial charge in [-0.25, -0.2) is 13.1 Å². The summed E-state index contributed by atoms with van der Waals surface area (Å²) in [4.78, 5) is 25.6. The molecule has 0 unspecified atom stereocenters. The van der Waals surface area contributed by atoms with Gasteiger partial charge in [0, 0.05) is 18.2 Å². The van der Waals surface area contributed by atoms with Crippen LogP contribution in [0.5, 0.6) is 0 Å². The molecule has 1 aromatic heterocycles. The molecular formula is C22H22ClN3O4S2. The number of carbonyl (C=O) groups excluding carboxylic acids is 2. The maximum atomic E-state index is 12.6. The fraction of sp³-hybridized carbons (Fsp3) is 0.182. The zero-order chi connectivity index (χ0) is 23.3. The first-order chi connectivity index (χ1) is 15.2.